The largest absolute Gasteiger partial charge is 0.311 e. The molecule has 15 heavy (non-hydrogen) atoms. The third kappa shape index (κ3) is 2.48. The highest BCUT2D eigenvalue weighted by molar-refractivity contribution is 5.33. The van der Waals surface area contributed by atoms with Crippen molar-refractivity contribution in [2.45, 2.75) is 38.3 Å². The predicted octanol–water partition coefficient (Wildman–Crippen LogP) is 2.71. The average Bonchev–Trinajstić information content (AvgIpc) is 2.59. The molecule has 1 aromatic rings. The number of benzene rings is 1. The molecule has 2 rings (SSSR count). The lowest BCUT2D eigenvalue weighted by molar-refractivity contribution is 0.458. The highest BCUT2D eigenvalue weighted by Gasteiger charge is 2.21. The molecule has 0 aliphatic heterocycles. The molecule has 1 unspecified atom stereocenters. The summed E-state index contributed by atoms with van der Waals surface area (Å²) < 4.78 is 0. The molecule has 1 nitrogen and oxygen atoms in total. The minimum absolute atomic E-state index is 0.543. The Morgan fingerprint density at radius 1 is 1.40 bits per heavy atom. The van der Waals surface area contributed by atoms with Gasteiger partial charge in [-0.2, -0.15) is 0 Å². The molecule has 1 N–H and O–H groups in total. The zero-order chi connectivity index (χ0) is 10.7. The zero-order valence-electron chi connectivity index (χ0n) is 9.37. The van der Waals surface area contributed by atoms with E-state index in [0.29, 0.717) is 12.1 Å². The van der Waals surface area contributed by atoms with E-state index in [1.54, 1.807) is 0 Å². The van der Waals surface area contributed by atoms with Crippen molar-refractivity contribution in [3.8, 4) is 0 Å². The lowest BCUT2D eigenvalue weighted by Gasteiger charge is -2.17. The van der Waals surface area contributed by atoms with Crippen LogP contribution in [0.5, 0.6) is 0 Å². The number of hydrogen-bond donors (Lipinski definition) is 1. The Morgan fingerprint density at radius 3 is 2.53 bits per heavy atom. The molecule has 0 spiro atoms. The number of hydrogen-bond acceptors (Lipinski definition) is 1. The van der Waals surface area contributed by atoms with Crippen LogP contribution in [0.1, 0.15) is 24.5 Å². The second-order valence-corrected chi connectivity index (χ2v) is 4.47. The van der Waals surface area contributed by atoms with E-state index in [0.717, 1.165) is 6.42 Å². The fraction of sp³-hybridized carbons (Fsp3) is 0.429. The summed E-state index contributed by atoms with van der Waals surface area (Å²) >= 11 is 0. The molecule has 0 saturated heterocycles. The van der Waals surface area contributed by atoms with Crippen molar-refractivity contribution in [2.75, 3.05) is 0 Å². The summed E-state index contributed by atoms with van der Waals surface area (Å²) in [7, 11) is 0. The summed E-state index contributed by atoms with van der Waals surface area (Å²) in [5, 5.41) is 3.66. The fourth-order valence-electron chi connectivity index (χ4n) is 2.40. The van der Waals surface area contributed by atoms with E-state index < -0.39 is 0 Å². The van der Waals surface area contributed by atoms with E-state index in [1.165, 1.54) is 24.0 Å². The van der Waals surface area contributed by atoms with Crippen LogP contribution < -0.4 is 5.32 Å². The minimum atomic E-state index is 0.543. The van der Waals surface area contributed by atoms with Gasteiger partial charge in [-0.25, -0.2) is 0 Å². The first-order valence-electron chi connectivity index (χ1n) is 5.73. The summed E-state index contributed by atoms with van der Waals surface area (Å²) in [4.78, 5) is 0. The molecule has 1 atom stereocenters. The highest BCUT2D eigenvalue weighted by Crippen LogP contribution is 2.22. The Balaban J connectivity index is 1.93. The monoisotopic (exact) mass is 201 g/mol. The molecule has 0 aromatic heterocycles. The third-order valence-electron chi connectivity index (χ3n) is 3.09. The Bertz CT molecular complexity index is 318. The maximum atomic E-state index is 3.77. The molecular weight excluding hydrogens is 182 g/mol. The van der Waals surface area contributed by atoms with Crippen molar-refractivity contribution >= 4 is 0 Å². The van der Waals surface area contributed by atoms with Crippen molar-refractivity contribution in [3.63, 3.8) is 0 Å². The zero-order valence-corrected chi connectivity index (χ0v) is 9.37. The van der Waals surface area contributed by atoms with Gasteiger partial charge in [0.2, 0.25) is 0 Å². The van der Waals surface area contributed by atoms with E-state index in [9.17, 15) is 0 Å². The van der Waals surface area contributed by atoms with Crippen molar-refractivity contribution < 1.29 is 0 Å². The Hall–Kier alpha value is -1.08. The second kappa shape index (κ2) is 4.63. The van der Waals surface area contributed by atoms with Gasteiger partial charge in [-0.1, -0.05) is 30.3 Å². The molecule has 0 fully saturated rings. The molecule has 80 valence electrons. The standard InChI is InChI=1S/C14H19N/c1-3-6-11(2)15-14-9-12-7-4-5-8-13(12)10-14/h3-5,7-8,11,14-15H,1,6,9-10H2,2H3. The van der Waals surface area contributed by atoms with Crippen LogP contribution in [0.2, 0.25) is 0 Å². The van der Waals surface area contributed by atoms with Gasteiger partial charge in [-0.05, 0) is 37.3 Å². The summed E-state index contributed by atoms with van der Waals surface area (Å²) in [6.45, 7) is 6.00. The lowest BCUT2D eigenvalue weighted by Crippen LogP contribution is -2.36. The third-order valence-corrected chi connectivity index (χ3v) is 3.09. The molecule has 0 heterocycles. The summed E-state index contributed by atoms with van der Waals surface area (Å²) in [6.07, 6.45) is 5.39. The molecule has 0 radical (unpaired) electrons. The van der Waals surface area contributed by atoms with Crippen LogP contribution in [0.3, 0.4) is 0 Å². The Labute approximate surface area is 92.2 Å². The predicted molar refractivity (Wildman–Crippen MR) is 65.0 cm³/mol. The summed E-state index contributed by atoms with van der Waals surface area (Å²) in [5.41, 5.74) is 3.03. The van der Waals surface area contributed by atoms with Crippen LogP contribution in [0.15, 0.2) is 36.9 Å². The van der Waals surface area contributed by atoms with Gasteiger partial charge in [0.25, 0.3) is 0 Å². The van der Waals surface area contributed by atoms with Crippen LogP contribution in [-0.4, -0.2) is 12.1 Å². The van der Waals surface area contributed by atoms with Gasteiger partial charge in [-0.15, -0.1) is 6.58 Å². The van der Waals surface area contributed by atoms with E-state index in [1.807, 2.05) is 6.08 Å². The van der Waals surface area contributed by atoms with Gasteiger partial charge in [0.05, 0.1) is 0 Å². The van der Waals surface area contributed by atoms with Crippen molar-refractivity contribution in [2.24, 2.45) is 0 Å². The topological polar surface area (TPSA) is 12.0 Å². The maximum absolute atomic E-state index is 3.77. The van der Waals surface area contributed by atoms with Crippen molar-refractivity contribution in [3.05, 3.63) is 48.0 Å². The smallest absolute Gasteiger partial charge is 0.0151 e. The minimum Gasteiger partial charge on any atom is -0.311 e. The highest BCUT2D eigenvalue weighted by atomic mass is 14.9. The van der Waals surface area contributed by atoms with Crippen LogP contribution in [0, 0.1) is 0 Å². The number of fused-ring (bicyclic) bond motifs is 1. The SMILES string of the molecule is C=CCC(C)NC1Cc2ccccc2C1. The van der Waals surface area contributed by atoms with Gasteiger partial charge in [-0.3, -0.25) is 0 Å². The fourth-order valence-corrected chi connectivity index (χ4v) is 2.40. The normalized spacial score (nSPS) is 17.4. The summed E-state index contributed by atoms with van der Waals surface area (Å²) in [6, 6.07) is 9.92. The maximum Gasteiger partial charge on any atom is 0.0151 e. The van der Waals surface area contributed by atoms with Crippen molar-refractivity contribution in [1.29, 1.82) is 0 Å². The summed E-state index contributed by atoms with van der Waals surface area (Å²) in [5.74, 6) is 0. The molecule has 0 bridgehead atoms. The van der Waals surface area contributed by atoms with E-state index in [2.05, 4.69) is 43.1 Å². The molecule has 1 heteroatoms. The molecule has 0 amide bonds. The first-order chi connectivity index (χ1) is 7.29. The van der Waals surface area contributed by atoms with Gasteiger partial charge >= 0.3 is 0 Å². The molecule has 1 aromatic carbocycles. The van der Waals surface area contributed by atoms with Crippen LogP contribution in [-0.2, 0) is 12.8 Å². The molecular formula is C14H19N. The number of rotatable bonds is 4. The van der Waals surface area contributed by atoms with Gasteiger partial charge in [0.1, 0.15) is 0 Å². The first-order valence-corrected chi connectivity index (χ1v) is 5.73. The molecule has 0 saturated carbocycles. The quantitative estimate of drug-likeness (QED) is 0.739. The molecule has 1 aliphatic rings. The Kier molecular flexibility index (Phi) is 3.22. The van der Waals surface area contributed by atoms with Gasteiger partial charge in [0.15, 0.2) is 0 Å². The van der Waals surface area contributed by atoms with Crippen LogP contribution >= 0.6 is 0 Å². The molecule has 1 aliphatic carbocycles. The Morgan fingerprint density at radius 2 is 2.00 bits per heavy atom. The first kappa shape index (κ1) is 10.4. The second-order valence-electron chi connectivity index (χ2n) is 4.47. The van der Waals surface area contributed by atoms with Crippen molar-refractivity contribution in [1.82, 2.24) is 5.32 Å². The average molecular weight is 201 g/mol. The van der Waals surface area contributed by atoms with Crippen LogP contribution in [0.4, 0.5) is 0 Å². The van der Waals surface area contributed by atoms with E-state index in [4.69, 9.17) is 0 Å². The van der Waals surface area contributed by atoms with Crippen LogP contribution in [0.25, 0.3) is 0 Å². The lowest BCUT2D eigenvalue weighted by atomic mass is 10.1. The van der Waals surface area contributed by atoms with E-state index in [-0.39, 0.29) is 0 Å². The number of nitrogens with one attached hydrogen (secondary N) is 1. The van der Waals surface area contributed by atoms with E-state index >= 15 is 0 Å². The van der Waals surface area contributed by atoms with Gasteiger partial charge < -0.3 is 5.32 Å². The van der Waals surface area contributed by atoms with Gasteiger partial charge in [0, 0.05) is 12.1 Å².